The van der Waals surface area contributed by atoms with Crippen LogP contribution in [0.3, 0.4) is 0 Å². The largest absolute Gasteiger partial charge is 0.367 e. The summed E-state index contributed by atoms with van der Waals surface area (Å²) in [4.78, 5) is 34.9. The number of carbonyl (C=O) groups is 3. The number of benzene rings is 1. The first kappa shape index (κ1) is 17.8. The van der Waals surface area contributed by atoms with E-state index in [1.165, 1.54) is 0 Å². The Hall–Kier alpha value is -2.22. The number of rotatable bonds is 7. The highest BCUT2D eigenvalue weighted by Crippen LogP contribution is 2.20. The smallest absolute Gasteiger partial charge is 0.316 e. The standard InChI is InChI=1S/C14H20N4O3S/c1-3-22-10-6-4-9(5-7-10)8(2)17-14(21)18-11(12(15)19)13(16)20/h4-8,11H,3H2,1-2H3,(H2,15,19)(H2,16,20)(H2,17,18,21)/t8-/m0/s1. The van der Waals surface area contributed by atoms with Gasteiger partial charge in [-0.25, -0.2) is 4.79 Å². The lowest BCUT2D eigenvalue weighted by molar-refractivity contribution is -0.128. The van der Waals surface area contributed by atoms with Crippen molar-refractivity contribution in [1.82, 2.24) is 10.6 Å². The minimum absolute atomic E-state index is 0.304. The van der Waals surface area contributed by atoms with Gasteiger partial charge in [-0.15, -0.1) is 11.8 Å². The van der Waals surface area contributed by atoms with Gasteiger partial charge in [-0.1, -0.05) is 19.1 Å². The van der Waals surface area contributed by atoms with Crippen molar-refractivity contribution < 1.29 is 14.4 Å². The van der Waals surface area contributed by atoms with Gasteiger partial charge in [0.05, 0.1) is 6.04 Å². The summed E-state index contributed by atoms with van der Waals surface area (Å²) >= 11 is 1.72. The molecule has 0 fully saturated rings. The van der Waals surface area contributed by atoms with Crippen molar-refractivity contribution in [2.45, 2.75) is 30.8 Å². The van der Waals surface area contributed by atoms with Crippen LogP contribution in [0.25, 0.3) is 0 Å². The fourth-order valence-corrected chi connectivity index (χ4v) is 2.42. The van der Waals surface area contributed by atoms with Gasteiger partial charge in [0.2, 0.25) is 11.8 Å². The molecule has 1 atom stereocenters. The van der Waals surface area contributed by atoms with Gasteiger partial charge in [-0.2, -0.15) is 0 Å². The zero-order chi connectivity index (χ0) is 16.7. The zero-order valence-electron chi connectivity index (χ0n) is 12.5. The molecule has 22 heavy (non-hydrogen) atoms. The Bertz CT molecular complexity index is 534. The molecule has 0 saturated heterocycles. The van der Waals surface area contributed by atoms with Crippen LogP contribution in [-0.4, -0.2) is 29.6 Å². The van der Waals surface area contributed by atoms with Crippen molar-refractivity contribution in [3.63, 3.8) is 0 Å². The van der Waals surface area contributed by atoms with Crippen molar-refractivity contribution in [3.05, 3.63) is 29.8 Å². The molecular formula is C14H20N4O3S. The topological polar surface area (TPSA) is 127 Å². The van der Waals surface area contributed by atoms with E-state index < -0.39 is 23.9 Å². The maximum absolute atomic E-state index is 11.8. The Kier molecular flexibility index (Phi) is 6.71. The van der Waals surface area contributed by atoms with E-state index in [2.05, 4.69) is 17.6 Å². The zero-order valence-corrected chi connectivity index (χ0v) is 13.3. The minimum Gasteiger partial charge on any atom is -0.367 e. The molecule has 8 heteroatoms. The van der Waals surface area contributed by atoms with Crippen molar-refractivity contribution >= 4 is 29.6 Å². The van der Waals surface area contributed by atoms with Crippen molar-refractivity contribution in [2.75, 3.05) is 5.75 Å². The van der Waals surface area contributed by atoms with Crippen LogP contribution >= 0.6 is 11.8 Å². The second-order valence-corrected chi connectivity index (χ2v) is 5.92. The lowest BCUT2D eigenvalue weighted by Crippen LogP contribution is -2.55. The second kappa shape index (κ2) is 8.28. The molecule has 0 aliphatic heterocycles. The molecule has 0 unspecified atom stereocenters. The monoisotopic (exact) mass is 324 g/mol. The maximum Gasteiger partial charge on any atom is 0.316 e. The first-order valence-corrected chi connectivity index (χ1v) is 7.72. The minimum atomic E-state index is -1.53. The average Bonchev–Trinajstić information content (AvgIpc) is 2.45. The third-order valence-corrected chi connectivity index (χ3v) is 3.78. The van der Waals surface area contributed by atoms with Crippen LogP contribution in [-0.2, 0) is 9.59 Å². The molecule has 0 aromatic heterocycles. The van der Waals surface area contributed by atoms with Gasteiger partial charge in [0.15, 0.2) is 6.04 Å². The molecule has 0 aliphatic rings. The molecule has 1 aromatic carbocycles. The highest BCUT2D eigenvalue weighted by atomic mass is 32.2. The number of carbonyl (C=O) groups excluding carboxylic acids is 3. The molecule has 1 aromatic rings. The molecule has 0 heterocycles. The second-order valence-electron chi connectivity index (χ2n) is 4.58. The molecule has 0 spiro atoms. The van der Waals surface area contributed by atoms with Crippen LogP contribution in [0.5, 0.6) is 0 Å². The predicted molar refractivity (Wildman–Crippen MR) is 85.1 cm³/mol. The lowest BCUT2D eigenvalue weighted by atomic mass is 10.1. The summed E-state index contributed by atoms with van der Waals surface area (Å²) in [5.41, 5.74) is 10.9. The Morgan fingerprint density at radius 2 is 1.64 bits per heavy atom. The molecular weight excluding hydrogens is 304 g/mol. The van der Waals surface area contributed by atoms with Crippen LogP contribution in [0.15, 0.2) is 29.2 Å². The summed E-state index contributed by atoms with van der Waals surface area (Å²) in [6, 6.07) is 5.22. The number of primary amides is 2. The summed E-state index contributed by atoms with van der Waals surface area (Å²) in [7, 11) is 0. The number of hydrogen-bond acceptors (Lipinski definition) is 4. The van der Waals surface area contributed by atoms with Crippen LogP contribution in [0.4, 0.5) is 4.79 Å². The van der Waals surface area contributed by atoms with Crippen LogP contribution < -0.4 is 22.1 Å². The van der Waals surface area contributed by atoms with E-state index in [-0.39, 0.29) is 6.04 Å². The van der Waals surface area contributed by atoms with E-state index in [1.807, 2.05) is 24.3 Å². The SMILES string of the molecule is CCSc1ccc([C@H](C)NC(=O)NC(C(N)=O)C(N)=O)cc1. The van der Waals surface area contributed by atoms with Crippen LogP contribution in [0.1, 0.15) is 25.5 Å². The molecule has 0 aliphatic carbocycles. The molecule has 4 amide bonds. The summed E-state index contributed by atoms with van der Waals surface area (Å²) in [6.45, 7) is 3.85. The highest BCUT2D eigenvalue weighted by molar-refractivity contribution is 7.99. The van der Waals surface area contributed by atoms with Gasteiger partial charge in [0, 0.05) is 4.90 Å². The van der Waals surface area contributed by atoms with E-state index in [4.69, 9.17) is 11.5 Å². The van der Waals surface area contributed by atoms with Gasteiger partial charge >= 0.3 is 6.03 Å². The molecule has 0 radical (unpaired) electrons. The summed E-state index contributed by atoms with van der Waals surface area (Å²) < 4.78 is 0. The quantitative estimate of drug-likeness (QED) is 0.430. The molecule has 1 rings (SSSR count). The highest BCUT2D eigenvalue weighted by Gasteiger charge is 2.24. The molecule has 6 N–H and O–H groups in total. The molecule has 0 saturated carbocycles. The summed E-state index contributed by atoms with van der Waals surface area (Å²) in [6.07, 6.45) is 0. The van der Waals surface area contributed by atoms with Gasteiger partial charge in [0.25, 0.3) is 0 Å². The number of thioether (sulfide) groups is 1. The number of nitrogens with one attached hydrogen (secondary N) is 2. The number of hydrogen-bond donors (Lipinski definition) is 4. The van der Waals surface area contributed by atoms with Gasteiger partial charge < -0.3 is 22.1 Å². The summed E-state index contributed by atoms with van der Waals surface area (Å²) in [5, 5.41) is 4.76. The third-order valence-electron chi connectivity index (χ3n) is 2.88. The summed E-state index contributed by atoms with van der Waals surface area (Å²) in [5.74, 6) is -1.02. The lowest BCUT2D eigenvalue weighted by Gasteiger charge is -2.17. The molecule has 120 valence electrons. The Morgan fingerprint density at radius 1 is 1.09 bits per heavy atom. The number of amides is 4. The first-order valence-electron chi connectivity index (χ1n) is 6.73. The fourth-order valence-electron chi connectivity index (χ4n) is 1.75. The Morgan fingerprint density at radius 3 is 2.09 bits per heavy atom. The maximum atomic E-state index is 11.8. The van der Waals surface area contributed by atoms with Crippen molar-refractivity contribution in [2.24, 2.45) is 11.5 Å². The number of urea groups is 1. The Balaban J connectivity index is 2.63. The van der Waals surface area contributed by atoms with Crippen molar-refractivity contribution in [1.29, 1.82) is 0 Å². The number of nitrogens with two attached hydrogens (primary N) is 2. The van der Waals surface area contributed by atoms with E-state index in [0.717, 1.165) is 16.2 Å². The van der Waals surface area contributed by atoms with E-state index in [9.17, 15) is 14.4 Å². The normalized spacial score (nSPS) is 11.8. The van der Waals surface area contributed by atoms with Crippen molar-refractivity contribution in [3.8, 4) is 0 Å². The van der Waals surface area contributed by atoms with Gasteiger partial charge in [-0.05, 0) is 30.4 Å². The van der Waals surface area contributed by atoms with Crippen LogP contribution in [0, 0.1) is 0 Å². The van der Waals surface area contributed by atoms with E-state index >= 15 is 0 Å². The first-order chi connectivity index (χ1) is 10.3. The van der Waals surface area contributed by atoms with E-state index in [0.29, 0.717) is 0 Å². The fraction of sp³-hybridized carbons (Fsp3) is 0.357. The molecule has 0 bridgehead atoms. The average molecular weight is 324 g/mol. The van der Waals surface area contributed by atoms with Crippen LogP contribution in [0.2, 0.25) is 0 Å². The molecule has 7 nitrogen and oxygen atoms in total. The van der Waals surface area contributed by atoms with Gasteiger partial charge in [-0.3, -0.25) is 9.59 Å². The Labute approximate surface area is 133 Å². The predicted octanol–water partition coefficient (Wildman–Crippen LogP) is 0.498. The van der Waals surface area contributed by atoms with Gasteiger partial charge in [0.1, 0.15) is 0 Å². The van der Waals surface area contributed by atoms with E-state index in [1.54, 1.807) is 18.7 Å². The third kappa shape index (κ3) is 5.28.